The average molecular weight is 517 g/mol. The Hall–Kier alpha value is -4.17. The minimum atomic E-state index is -1.18. The Balaban J connectivity index is 1.17. The van der Waals surface area contributed by atoms with Crippen molar-refractivity contribution in [1.82, 2.24) is 10.6 Å². The SMILES string of the molecule is C[C@@H](OCc1ccccc1)[C@H](NC(=O)CCCNC(=O)OCC1c2ccccc2-c2ccccc21)C(=O)O. The summed E-state index contributed by atoms with van der Waals surface area (Å²) in [5.41, 5.74) is 5.49. The van der Waals surface area contributed by atoms with Crippen molar-refractivity contribution < 1.29 is 29.0 Å². The Labute approximate surface area is 222 Å². The molecule has 2 atom stereocenters. The van der Waals surface area contributed by atoms with E-state index in [1.54, 1.807) is 6.92 Å². The summed E-state index contributed by atoms with van der Waals surface area (Å²) >= 11 is 0. The van der Waals surface area contributed by atoms with Gasteiger partial charge in [0, 0.05) is 18.9 Å². The van der Waals surface area contributed by atoms with Crippen LogP contribution in [0.5, 0.6) is 0 Å². The summed E-state index contributed by atoms with van der Waals surface area (Å²) in [4.78, 5) is 36.3. The summed E-state index contributed by atoms with van der Waals surface area (Å²) < 4.78 is 11.1. The van der Waals surface area contributed by atoms with E-state index in [-0.39, 0.29) is 32.1 Å². The number of carbonyl (C=O) groups is 3. The van der Waals surface area contributed by atoms with Crippen LogP contribution >= 0.6 is 0 Å². The molecule has 3 aromatic rings. The zero-order valence-corrected chi connectivity index (χ0v) is 21.3. The lowest BCUT2D eigenvalue weighted by Gasteiger charge is -2.22. The maximum atomic E-state index is 12.3. The quantitative estimate of drug-likeness (QED) is 0.306. The third-order valence-electron chi connectivity index (χ3n) is 6.60. The van der Waals surface area contributed by atoms with Crippen molar-refractivity contribution in [3.63, 3.8) is 0 Å². The van der Waals surface area contributed by atoms with Gasteiger partial charge in [0.25, 0.3) is 0 Å². The van der Waals surface area contributed by atoms with Crippen molar-refractivity contribution in [3.8, 4) is 11.1 Å². The fraction of sp³-hybridized carbons (Fsp3) is 0.300. The molecule has 0 spiro atoms. The number of carboxylic acids is 1. The zero-order valence-electron chi connectivity index (χ0n) is 21.3. The summed E-state index contributed by atoms with van der Waals surface area (Å²) in [5.74, 6) is -1.63. The van der Waals surface area contributed by atoms with Gasteiger partial charge in [-0.3, -0.25) is 4.79 Å². The molecule has 2 amide bonds. The summed E-state index contributed by atoms with van der Waals surface area (Å²) in [6.45, 7) is 2.29. The third-order valence-corrected chi connectivity index (χ3v) is 6.60. The maximum absolute atomic E-state index is 12.3. The van der Waals surface area contributed by atoms with E-state index in [0.29, 0.717) is 6.42 Å². The van der Waals surface area contributed by atoms with E-state index in [1.165, 1.54) is 0 Å². The molecule has 0 unspecified atom stereocenters. The van der Waals surface area contributed by atoms with Gasteiger partial charge in [0.05, 0.1) is 12.7 Å². The van der Waals surface area contributed by atoms with Gasteiger partial charge < -0.3 is 25.2 Å². The van der Waals surface area contributed by atoms with Crippen LogP contribution in [0.3, 0.4) is 0 Å². The third kappa shape index (κ3) is 6.77. The molecule has 0 radical (unpaired) electrons. The van der Waals surface area contributed by atoms with Gasteiger partial charge in [0.1, 0.15) is 6.61 Å². The number of ether oxygens (including phenoxy) is 2. The van der Waals surface area contributed by atoms with Gasteiger partial charge in [0.2, 0.25) is 5.91 Å². The van der Waals surface area contributed by atoms with Gasteiger partial charge in [-0.2, -0.15) is 0 Å². The molecule has 0 heterocycles. The molecule has 3 aromatic carbocycles. The molecule has 4 rings (SSSR count). The van der Waals surface area contributed by atoms with Crippen molar-refractivity contribution in [2.45, 2.75) is 44.4 Å². The van der Waals surface area contributed by atoms with E-state index in [1.807, 2.05) is 54.6 Å². The molecule has 1 aliphatic rings. The maximum Gasteiger partial charge on any atom is 0.407 e. The number of carbonyl (C=O) groups excluding carboxylic acids is 2. The highest BCUT2D eigenvalue weighted by Crippen LogP contribution is 2.44. The van der Waals surface area contributed by atoms with Crippen LogP contribution in [0, 0.1) is 0 Å². The van der Waals surface area contributed by atoms with Crippen LogP contribution < -0.4 is 10.6 Å². The largest absolute Gasteiger partial charge is 0.480 e. The van der Waals surface area contributed by atoms with Crippen LogP contribution in [0.1, 0.15) is 42.4 Å². The Bertz CT molecular complexity index is 1220. The summed E-state index contributed by atoms with van der Waals surface area (Å²) in [7, 11) is 0. The second-order valence-electron chi connectivity index (χ2n) is 9.24. The van der Waals surface area contributed by atoms with E-state index in [4.69, 9.17) is 9.47 Å². The molecule has 3 N–H and O–H groups in total. The molecular weight excluding hydrogens is 484 g/mol. The summed E-state index contributed by atoms with van der Waals surface area (Å²) in [6.07, 6.45) is -0.894. The fourth-order valence-electron chi connectivity index (χ4n) is 4.61. The van der Waals surface area contributed by atoms with Gasteiger partial charge in [-0.15, -0.1) is 0 Å². The van der Waals surface area contributed by atoms with Crippen LogP contribution in [0.4, 0.5) is 4.79 Å². The van der Waals surface area contributed by atoms with E-state index in [2.05, 4.69) is 34.9 Å². The van der Waals surface area contributed by atoms with Crippen LogP contribution in [0.15, 0.2) is 78.9 Å². The summed E-state index contributed by atoms with van der Waals surface area (Å²) in [5, 5.41) is 14.7. The molecule has 0 aliphatic heterocycles. The molecule has 0 aromatic heterocycles. The lowest BCUT2D eigenvalue weighted by molar-refractivity contribution is -0.146. The normalized spacial score (nSPS) is 13.6. The lowest BCUT2D eigenvalue weighted by atomic mass is 9.98. The van der Waals surface area contributed by atoms with Gasteiger partial charge in [-0.05, 0) is 41.2 Å². The van der Waals surface area contributed by atoms with E-state index >= 15 is 0 Å². The second-order valence-corrected chi connectivity index (χ2v) is 9.24. The van der Waals surface area contributed by atoms with Gasteiger partial charge >= 0.3 is 12.1 Å². The first kappa shape index (κ1) is 26.9. The molecule has 1 aliphatic carbocycles. The molecule has 8 heteroatoms. The first-order valence-corrected chi connectivity index (χ1v) is 12.7. The highest BCUT2D eigenvalue weighted by Gasteiger charge is 2.29. The van der Waals surface area contributed by atoms with Crippen molar-refractivity contribution in [3.05, 3.63) is 95.6 Å². The predicted molar refractivity (Wildman–Crippen MR) is 143 cm³/mol. The predicted octanol–water partition coefficient (Wildman–Crippen LogP) is 4.48. The number of amides is 2. The minimum absolute atomic E-state index is 0.0296. The lowest BCUT2D eigenvalue weighted by Crippen LogP contribution is -2.48. The monoisotopic (exact) mass is 516 g/mol. The smallest absolute Gasteiger partial charge is 0.407 e. The van der Waals surface area contributed by atoms with Crippen LogP contribution in [-0.2, 0) is 25.7 Å². The van der Waals surface area contributed by atoms with Gasteiger partial charge in [-0.1, -0.05) is 78.9 Å². The Morgan fingerprint density at radius 1 is 0.895 bits per heavy atom. The molecule has 0 bridgehead atoms. The minimum Gasteiger partial charge on any atom is -0.480 e. The van der Waals surface area contributed by atoms with E-state index in [0.717, 1.165) is 27.8 Å². The topological polar surface area (TPSA) is 114 Å². The van der Waals surface area contributed by atoms with Crippen molar-refractivity contribution in [1.29, 1.82) is 0 Å². The Morgan fingerprint density at radius 2 is 1.50 bits per heavy atom. The molecule has 0 fully saturated rings. The number of rotatable bonds is 12. The van der Waals surface area contributed by atoms with E-state index in [9.17, 15) is 19.5 Å². The molecular formula is C30H32N2O6. The van der Waals surface area contributed by atoms with Crippen LogP contribution in [0.25, 0.3) is 11.1 Å². The number of alkyl carbamates (subject to hydrolysis) is 1. The van der Waals surface area contributed by atoms with Crippen LogP contribution in [-0.4, -0.2) is 48.4 Å². The number of nitrogens with one attached hydrogen (secondary N) is 2. The number of hydrogen-bond acceptors (Lipinski definition) is 5. The van der Waals surface area contributed by atoms with Crippen molar-refractivity contribution in [2.24, 2.45) is 0 Å². The van der Waals surface area contributed by atoms with Gasteiger partial charge in [-0.25, -0.2) is 9.59 Å². The number of benzene rings is 3. The van der Waals surface area contributed by atoms with Gasteiger partial charge in [0.15, 0.2) is 6.04 Å². The fourth-order valence-corrected chi connectivity index (χ4v) is 4.61. The first-order valence-electron chi connectivity index (χ1n) is 12.7. The molecule has 8 nitrogen and oxygen atoms in total. The van der Waals surface area contributed by atoms with Crippen molar-refractivity contribution >= 4 is 18.0 Å². The highest BCUT2D eigenvalue weighted by atomic mass is 16.5. The Kier molecular flexibility index (Phi) is 9.11. The summed E-state index contributed by atoms with van der Waals surface area (Å²) in [6, 6.07) is 24.4. The van der Waals surface area contributed by atoms with Crippen molar-refractivity contribution in [2.75, 3.05) is 13.2 Å². The second kappa shape index (κ2) is 12.9. The Morgan fingerprint density at radius 3 is 2.13 bits per heavy atom. The molecule has 38 heavy (non-hydrogen) atoms. The first-order chi connectivity index (χ1) is 18.4. The number of carboxylic acid groups (broad SMARTS) is 1. The van der Waals surface area contributed by atoms with E-state index < -0.39 is 30.1 Å². The number of fused-ring (bicyclic) bond motifs is 3. The molecule has 198 valence electrons. The molecule has 0 saturated heterocycles. The zero-order chi connectivity index (χ0) is 26.9. The number of aliphatic carboxylic acids is 1. The highest BCUT2D eigenvalue weighted by molar-refractivity contribution is 5.84. The van der Waals surface area contributed by atoms with Crippen LogP contribution in [0.2, 0.25) is 0 Å². The standard InChI is InChI=1S/C30H32N2O6/c1-20(37-18-21-10-3-2-4-11-21)28(29(34)35)32-27(33)16-9-17-31-30(36)38-19-26-24-14-7-5-12-22(24)23-13-6-8-15-25(23)26/h2-8,10-15,20,26,28H,9,16-19H2,1H3,(H,31,36)(H,32,33)(H,34,35)/t20-,28+/m1/s1. The average Bonchev–Trinajstić information content (AvgIpc) is 3.25. The molecule has 0 saturated carbocycles. The number of hydrogen-bond donors (Lipinski definition) is 3.